The molecule has 3 rings (SSSR count). The van der Waals surface area contributed by atoms with Gasteiger partial charge in [-0.2, -0.15) is 0 Å². The Hall–Kier alpha value is -2.10. The van der Waals surface area contributed by atoms with Gasteiger partial charge in [-0.05, 0) is 12.1 Å². The highest BCUT2D eigenvalue weighted by molar-refractivity contribution is 5.77. The summed E-state index contributed by atoms with van der Waals surface area (Å²) < 4.78 is 4.68. The third-order valence-electron chi connectivity index (χ3n) is 2.12. The standard InChI is InChI=1S/C9H7N.C3H6N2O/c1-2-6-9-8(4-1)5-3-7-10-9;4-3-5-1-2-6-3/h1-7H;1-2H2,(H2,4,5). The number of hydrogen-bond acceptors (Lipinski definition) is 4. The smallest absolute Gasteiger partial charge is 0.282 e. The number of para-hydroxylation sites is 1. The number of ether oxygens (including phenoxy) is 1. The Morgan fingerprint density at radius 3 is 2.56 bits per heavy atom. The van der Waals surface area contributed by atoms with Gasteiger partial charge in [0.2, 0.25) is 0 Å². The maximum atomic E-state index is 5.06. The molecule has 0 unspecified atom stereocenters. The molecule has 0 bridgehead atoms. The van der Waals surface area contributed by atoms with Crippen LogP contribution >= 0.6 is 0 Å². The Morgan fingerprint density at radius 2 is 1.94 bits per heavy atom. The fourth-order valence-corrected chi connectivity index (χ4v) is 1.37. The fraction of sp³-hybridized carbons (Fsp3) is 0.167. The van der Waals surface area contributed by atoms with Crippen LogP contribution < -0.4 is 5.73 Å². The average Bonchev–Trinajstić information content (AvgIpc) is 2.81. The molecule has 0 atom stereocenters. The van der Waals surface area contributed by atoms with Crippen molar-refractivity contribution < 1.29 is 4.74 Å². The van der Waals surface area contributed by atoms with Gasteiger partial charge in [0, 0.05) is 11.6 Å². The molecule has 0 spiro atoms. The number of benzene rings is 1. The van der Waals surface area contributed by atoms with Crippen LogP contribution in [0.1, 0.15) is 0 Å². The molecule has 1 aliphatic rings. The molecule has 2 heterocycles. The van der Waals surface area contributed by atoms with Gasteiger partial charge in [0.15, 0.2) is 0 Å². The van der Waals surface area contributed by atoms with Crippen LogP contribution in [0.15, 0.2) is 47.6 Å². The number of amidine groups is 1. The highest BCUT2D eigenvalue weighted by Crippen LogP contribution is 2.07. The van der Waals surface area contributed by atoms with Crippen LogP contribution in [0.4, 0.5) is 0 Å². The lowest BCUT2D eigenvalue weighted by Crippen LogP contribution is -2.10. The molecule has 0 fully saturated rings. The number of fused-ring (bicyclic) bond motifs is 1. The molecule has 0 saturated heterocycles. The monoisotopic (exact) mass is 215 g/mol. The van der Waals surface area contributed by atoms with Crippen LogP contribution in [-0.2, 0) is 4.74 Å². The summed E-state index contributed by atoms with van der Waals surface area (Å²) in [6.45, 7) is 1.39. The molecule has 0 aliphatic carbocycles. The van der Waals surface area contributed by atoms with Crippen molar-refractivity contribution in [1.82, 2.24) is 4.98 Å². The summed E-state index contributed by atoms with van der Waals surface area (Å²) in [6.07, 6.45) is 1.81. The van der Waals surface area contributed by atoms with E-state index in [1.807, 2.05) is 30.5 Å². The van der Waals surface area contributed by atoms with Gasteiger partial charge in [-0.15, -0.1) is 0 Å². The van der Waals surface area contributed by atoms with E-state index in [1.165, 1.54) is 5.39 Å². The zero-order valence-electron chi connectivity index (χ0n) is 8.84. The van der Waals surface area contributed by atoms with E-state index >= 15 is 0 Å². The summed E-state index contributed by atoms with van der Waals surface area (Å²) in [5.74, 6) is 0. The minimum atomic E-state index is 0.329. The van der Waals surface area contributed by atoms with Crippen molar-refractivity contribution >= 4 is 16.9 Å². The molecule has 2 aromatic rings. The second kappa shape index (κ2) is 5.11. The van der Waals surface area contributed by atoms with Crippen molar-refractivity contribution in [2.45, 2.75) is 0 Å². The Kier molecular flexibility index (Phi) is 3.33. The molecule has 0 radical (unpaired) electrons. The molecule has 16 heavy (non-hydrogen) atoms. The van der Waals surface area contributed by atoms with Gasteiger partial charge in [-0.3, -0.25) is 4.98 Å². The lowest BCUT2D eigenvalue weighted by molar-refractivity contribution is 0.342. The van der Waals surface area contributed by atoms with Crippen LogP contribution in [0.2, 0.25) is 0 Å². The number of nitrogens with two attached hydrogens (primary N) is 1. The number of aromatic nitrogens is 1. The SMILES string of the molecule is NC1=NCCO1.c1ccc2ncccc2c1. The van der Waals surface area contributed by atoms with E-state index in [0.717, 1.165) is 12.1 Å². The van der Waals surface area contributed by atoms with E-state index < -0.39 is 0 Å². The van der Waals surface area contributed by atoms with E-state index in [0.29, 0.717) is 12.6 Å². The second-order valence-electron chi connectivity index (χ2n) is 3.26. The number of pyridine rings is 1. The molecule has 1 aromatic carbocycles. The summed E-state index contributed by atoms with van der Waals surface area (Å²) in [5.41, 5.74) is 6.12. The van der Waals surface area contributed by atoms with Crippen molar-refractivity contribution in [3.63, 3.8) is 0 Å². The van der Waals surface area contributed by atoms with Crippen molar-refractivity contribution in [2.24, 2.45) is 10.7 Å². The molecule has 1 aromatic heterocycles. The van der Waals surface area contributed by atoms with Gasteiger partial charge >= 0.3 is 0 Å². The van der Waals surface area contributed by atoms with Crippen molar-refractivity contribution in [2.75, 3.05) is 13.2 Å². The third-order valence-corrected chi connectivity index (χ3v) is 2.12. The first kappa shape index (κ1) is 10.4. The van der Waals surface area contributed by atoms with Gasteiger partial charge in [0.25, 0.3) is 6.02 Å². The van der Waals surface area contributed by atoms with Gasteiger partial charge in [0.05, 0.1) is 12.1 Å². The molecule has 2 N–H and O–H groups in total. The maximum absolute atomic E-state index is 5.06. The first-order valence-electron chi connectivity index (χ1n) is 5.09. The Bertz CT molecular complexity index is 431. The number of aliphatic imine (C=N–C) groups is 1. The topological polar surface area (TPSA) is 60.5 Å². The van der Waals surface area contributed by atoms with Gasteiger partial charge in [-0.25, -0.2) is 4.99 Å². The van der Waals surface area contributed by atoms with E-state index in [2.05, 4.69) is 26.8 Å². The molecule has 0 amide bonds. The van der Waals surface area contributed by atoms with Crippen LogP contribution in [0.5, 0.6) is 0 Å². The van der Waals surface area contributed by atoms with Crippen molar-refractivity contribution in [3.8, 4) is 0 Å². The lowest BCUT2D eigenvalue weighted by atomic mass is 10.2. The number of hydrogen-bond donors (Lipinski definition) is 1. The van der Waals surface area contributed by atoms with E-state index in [-0.39, 0.29) is 0 Å². The largest absolute Gasteiger partial charge is 0.463 e. The molecular weight excluding hydrogens is 202 g/mol. The molecule has 1 aliphatic heterocycles. The number of nitrogens with zero attached hydrogens (tertiary/aromatic N) is 2. The van der Waals surface area contributed by atoms with Crippen LogP contribution in [0.3, 0.4) is 0 Å². The number of rotatable bonds is 0. The first-order chi connectivity index (χ1) is 7.86. The summed E-state index contributed by atoms with van der Waals surface area (Å²) in [5, 5.41) is 1.20. The minimum absolute atomic E-state index is 0.329. The quantitative estimate of drug-likeness (QED) is 0.725. The molecule has 82 valence electrons. The van der Waals surface area contributed by atoms with Gasteiger partial charge in [-0.1, -0.05) is 24.3 Å². The minimum Gasteiger partial charge on any atom is -0.463 e. The zero-order valence-corrected chi connectivity index (χ0v) is 8.84. The summed E-state index contributed by atoms with van der Waals surface area (Å²) in [4.78, 5) is 7.89. The highest BCUT2D eigenvalue weighted by atomic mass is 16.5. The molecule has 4 heteroatoms. The predicted octanol–water partition coefficient (Wildman–Crippen LogP) is 1.57. The summed E-state index contributed by atoms with van der Waals surface area (Å²) >= 11 is 0. The summed E-state index contributed by atoms with van der Waals surface area (Å²) in [7, 11) is 0. The maximum Gasteiger partial charge on any atom is 0.282 e. The Morgan fingerprint density at radius 1 is 1.12 bits per heavy atom. The normalized spacial score (nSPS) is 13.6. The zero-order chi connectivity index (χ0) is 11.2. The van der Waals surface area contributed by atoms with Crippen LogP contribution in [0.25, 0.3) is 10.9 Å². The Balaban J connectivity index is 0.000000138. The van der Waals surface area contributed by atoms with E-state index in [9.17, 15) is 0 Å². The average molecular weight is 215 g/mol. The molecule has 0 saturated carbocycles. The van der Waals surface area contributed by atoms with Crippen molar-refractivity contribution in [1.29, 1.82) is 0 Å². The van der Waals surface area contributed by atoms with Gasteiger partial charge in [0.1, 0.15) is 6.61 Å². The first-order valence-corrected chi connectivity index (χ1v) is 5.09. The molecular formula is C12H13N3O. The van der Waals surface area contributed by atoms with Gasteiger partial charge < -0.3 is 10.5 Å². The Labute approximate surface area is 93.8 Å². The second-order valence-corrected chi connectivity index (χ2v) is 3.26. The fourth-order valence-electron chi connectivity index (χ4n) is 1.37. The van der Waals surface area contributed by atoms with E-state index in [1.54, 1.807) is 0 Å². The molecule has 4 nitrogen and oxygen atoms in total. The van der Waals surface area contributed by atoms with E-state index in [4.69, 9.17) is 5.73 Å². The lowest BCUT2D eigenvalue weighted by Gasteiger charge is -1.91. The van der Waals surface area contributed by atoms with Crippen molar-refractivity contribution in [3.05, 3.63) is 42.6 Å². The van der Waals surface area contributed by atoms with Crippen LogP contribution in [0, 0.1) is 0 Å². The third kappa shape index (κ3) is 2.70. The van der Waals surface area contributed by atoms with Crippen LogP contribution in [-0.4, -0.2) is 24.2 Å². The highest BCUT2D eigenvalue weighted by Gasteiger charge is 1.97. The summed E-state index contributed by atoms with van der Waals surface area (Å²) in [6, 6.07) is 12.4. The predicted molar refractivity (Wildman–Crippen MR) is 64.2 cm³/mol.